The van der Waals surface area contributed by atoms with E-state index in [0.29, 0.717) is 36.9 Å². The van der Waals surface area contributed by atoms with Crippen LogP contribution in [0.2, 0.25) is 0 Å². The molecule has 1 aliphatic rings. The number of aromatic amines is 1. The number of hydrogen-bond acceptors (Lipinski definition) is 6. The van der Waals surface area contributed by atoms with Crippen LogP contribution in [0.15, 0.2) is 51.7 Å². The first-order chi connectivity index (χ1) is 16.5. The van der Waals surface area contributed by atoms with E-state index >= 15 is 0 Å². The molecular weight excluding hydrogens is 434 g/mol. The van der Waals surface area contributed by atoms with E-state index in [0.717, 1.165) is 44.3 Å². The molecule has 7 heteroatoms. The Kier molecular flexibility index (Phi) is 7.95. The average molecular weight is 468 g/mol. The number of nitrogens with one attached hydrogen (secondary N) is 1. The van der Waals surface area contributed by atoms with Gasteiger partial charge in [0.05, 0.1) is 19.3 Å². The lowest BCUT2D eigenvalue weighted by molar-refractivity contribution is 0.122. The summed E-state index contributed by atoms with van der Waals surface area (Å²) >= 11 is 0. The minimum atomic E-state index is -0.705. The van der Waals surface area contributed by atoms with E-state index in [1.165, 1.54) is 11.1 Å². The molecule has 1 fully saturated rings. The normalized spacial score (nSPS) is 18.1. The van der Waals surface area contributed by atoms with Gasteiger partial charge in [-0.25, -0.2) is 4.79 Å². The molecule has 7 nitrogen and oxygen atoms in total. The van der Waals surface area contributed by atoms with Crippen LogP contribution in [0.1, 0.15) is 62.5 Å². The van der Waals surface area contributed by atoms with Crippen LogP contribution in [-0.4, -0.2) is 34.5 Å². The van der Waals surface area contributed by atoms with Gasteiger partial charge in [-0.15, -0.1) is 0 Å². The van der Waals surface area contributed by atoms with Crippen LogP contribution in [0.3, 0.4) is 0 Å². The smallest absolute Gasteiger partial charge is 0.419 e. The summed E-state index contributed by atoms with van der Waals surface area (Å²) in [5, 5.41) is 19.6. The first-order valence-electron chi connectivity index (χ1n) is 12.1. The molecule has 0 unspecified atom stereocenters. The van der Waals surface area contributed by atoms with E-state index in [9.17, 15) is 15.0 Å². The van der Waals surface area contributed by atoms with Crippen molar-refractivity contribution in [2.75, 3.05) is 13.2 Å². The average Bonchev–Trinajstić information content (AvgIpc) is 3.18. The number of ether oxygens (including phenoxy) is 2. The van der Waals surface area contributed by atoms with Gasteiger partial charge in [0.15, 0.2) is 5.76 Å². The van der Waals surface area contributed by atoms with Gasteiger partial charge in [0.2, 0.25) is 5.88 Å². The van der Waals surface area contributed by atoms with Crippen LogP contribution in [-0.2, 0) is 6.42 Å². The second-order valence-corrected chi connectivity index (χ2v) is 8.89. The van der Waals surface area contributed by atoms with Crippen LogP contribution >= 0.6 is 0 Å². The fourth-order valence-electron chi connectivity index (χ4n) is 4.54. The number of oxazole rings is 1. The molecule has 0 radical (unpaired) electrons. The fourth-order valence-corrected chi connectivity index (χ4v) is 4.54. The van der Waals surface area contributed by atoms with Crippen LogP contribution in [0.5, 0.6) is 17.4 Å². The number of aryl methyl sites for hydroxylation is 1. The maximum atomic E-state index is 11.3. The predicted octanol–water partition coefficient (Wildman–Crippen LogP) is 5.16. The number of aliphatic hydroxyl groups excluding tert-OH is 1. The summed E-state index contributed by atoms with van der Waals surface area (Å²) < 4.78 is 16.9. The van der Waals surface area contributed by atoms with Gasteiger partial charge in [-0.05, 0) is 67.3 Å². The number of hydrogen-bond donors (Lipinski definition) is 3. The third-order valence-corrected chi connectivity index (χ3v) is 6.31. The number of aliphatic hydroxyl groups is 1. The number of H-pyrrole nitrogens is 1. The van der Waals surface area contributed by atoms with E-state index in [1.54, 1.807) is 18.2 Å². The molecule has 1 saturated carbocycles. The Morgan fingerprint density at radius 3 is 2.59 bits per heavy atom. The van der Waals surface area contributed by atoms with Crippen LogP contribution in [0, 0.1) is 0 Å². The molecule has 0 aliphatic heterocycles. The number of aromatic hydroxyl groups is 1. The number of benzene rings is 2. The maximum Gasteiger partial charge on any atom is 0.419 e. The second kappa shape index (κ2) is 11.3. The Hall–Kier alpha value is -3.19. The van der Waals surface area contributed by atoms with Gasteiger partial charge in [-0.2, -0.15) is 0 Å². The van der Waals surface area contributed by atoms with Gasteiger partial charge in [-0.1, -0.05) is 37.6 Å². The van der Waals surface area contributed by atoms with Gasteiger partial charge >= 0.3 is 5.76 Å². The Labute approximate surface area is 199 Å². The highest BCUT2D eigenvalue weighted by molar-refractivity contribution is 5.63. The minimum Gasteiger partial charge on any atom is -0.493 e. The van der Waals surface area contributed by atoms with E-state index in [1.807, 2.05) is 6.07 Å². The van der Waals surface area contributed by atoms with Crippen molar-refractivity contribution in [3.05, 3.63) is 64.1 Å². The first kappa shape index (κ1) is 24.0. The monoisotopic (exact) mass is 467 g/mol. The van der Waals surface area contributed by atoms with Crippen molar-refractivity contribution in [1.29, 1.82) is 0 Å². The van der Waals surface area contributed by atoms with E-state index in [2.05, 4.69) is 30.1 Å². The van der Waals surface area contributed by atoms with E-state index in [4.69, 9.17) is 13.9 Å². The van der Waals surface area contributed by atoms with Crippen molar-refractivity contribution in [2.24, 2.45) is 0 Å². The lowest BCUT2D eigenvalue weighted by Crippen LogP contribution is -2.17. The summed E-state index contributed by atoms with van der Waals surface area (Å²) in [5.41, 5.74) is 3.16. The lowest BCUT2D eigenvalue weighted by atomic mass is 9.82. The van der Waals surface area contributed by atoms with Gasteiger partial charge < -0.3 is 24.1 Å². The van der Waals surface area contributed by atoms with Crippen LogP contribution < -0.4 is 15.2 Å². The highest BCUT2D eigenvalue weighted by Gasteiger charge is 2.21. The first-order valence-corrected chi connectivity index (χ1v) is 12.1. The summed E-state index contributed by atoms with van der Waals surface area (Å²) in [6.07, 6.45) is 6.46. The summed E-state index contributed by atoms with van der Waals surface area (Å²) in [6, 6.07) is 13.6. The second-order valence-electron chi connectivity index (χ2n) is 8.89. The third-order valence-electron chi connectivity index (χ3n) is 6.31. The summed E-state index contributed by atoms with van der Waals surface area (Å²) in [6.45, 7) is 3.19. The van der Waals surface area contributed by atoms with Crippen molar-refractivity contribution < 1.29 is 24.1 Å². The highest BCUT2D eigenvalue weighted by Crippen LogP contribution is 2.35. The highest BCUT2D eigenvalue weighted by atomic mass is 16.5. The van der Waals surface area contributed by atoms with E-state index in [-0.39, 0.29) is 17.7 Å². The molecule has 0 amide bonds. The molecule has 2 aromatic carbocycles. The molecule has 4 rings (SSSR count). The van der Waals surface area contributed by atoms with Crippen LogP contribution in [0.25, 0.3) is 11.3 Å². The molecule has 3 N–H and O–H groups in total. The molecule has 1 aliphatic carbocycles. The zero-order chi connectivity index (χ0) is 23.9. The standard InChI is InChI=1S/C27H33NO6/c1-2-5-20-16-19(18-8-11-22(29)12-9-18)10-13-24(20)33-15-4-14-32-23-7-3-6-21(17-23)25-26(30)28-27(31)34-25/h3,6-7,10,13,16-18,22,29-30H,2,4-5,8-9,11-12,14-15H2,1H3,(H,28,31). The molecule has 0 spiro atoms. The molecule has 34 heavy (non-hydrogen) atoms. The molecule has 3 aromatic rings. The Morgan fingerprint density at radius 1 is 1.06 bits per heavy atom. The molecule has 0 saturated heterocycles. The van der Waals surface area contributed by atoms with Crippen molar-refractivity contribution >= 4 is 0 Å². The predicted molar refractivity (Wildman–Crippen MR) is 130 cm³/mol. The van der Waals surface area contributed by atoms with Gasteiger partial charge in [-0.3, -0.25) is 4.98 Å². The molecule has 1 heterocycles. The molecular formula is C27H33NO6. The third kappa shape index (κ3) is 6.03. The maximum absolute atomic E-state index is 11.3. The molecule has 1 aromatic heterocycles. The molecule has 0 atom stereocenters. The molecule has 0 bridgehead atoms. The van der Waals surface area contributed by atoms with Crippen molar-refractivity contribution in [3.8, 4) is 28.7 Å². The van der Waals surface area contributed by atoms with Gasteiger partial charge in [0.1, 0.15) is 11.5 Å². The van der Waals surface area contributed by atoms with Gasteiger partial charge in [0.25, 0.3) is 0 Å². The zero-order valence-electron chi connectivity index (χ0n) is 19.6. The topological polar surface area (TPSA) is 105 Å². The Morgan fingerprint density at radius 2 is 1.85 bits per heavy atom. The van der Waals surface area contributed by atoms with Gasteiger partial charge in [0, 0.05) is 12.0 Å². The van der Waals surface area contributed by atoms with Crippen molar-refractivity contribution in [1.82, 2.24) is 4.98 Å². The number of aromatic nitrogens is 1. The largest absolute Gasteiger partial charge is 0.493 e. The number of rotatable bonds is 10. The molecule has 182 valence electrons. The summed E-state index contributed by atoms with van der Waals surface area (Å²) in [4.78, 5) is 13.5. The van der Waals surface area contributed by atoms with Crippen LogP contribution in [0.4, 0.5) is 0 Å². The summed E-state index contributed by atoms with van der Waals surface area (Å²) in [5.74, 6) is 1.17. The SMILES string of the molecule is CCCc1cc(C2CCC(O)CC2)ccc1OCCCOc1cccc(-c2oc(=O)[nH]c2O)c1. The lowest BCUT2D eigenvalue weighted by Gasteiger charge is -2.26. The Bertz CT molecular complexity index is 1130. The Balaban J connectivity index is 1.29. The quantitative estimate of drug-likeness (QED) is 0.356. The fraction of sp³-hybridized carbons (Fsp3) is 0.444. The van der Waals surface area contributed by atoms with E-state index < -0.39 is 5.76 Å². The minimum absolute atomic E-state index is 0.0927. The van der Waals surface area contributed by atoms with Crippen molar-refractivity contribution in [3.63, 3.8) is 0 Å². The van der Waals surface area contributed by atoms with Crippen molar-refractivity contribution in [2.45, 2.75) is 63.9 Å². The summed E-state index contributed by atoms with van der Waals surface area (Å²) in [7, 11) is 0. The zero-order valence-corrected chi connectivity index (χ0v) is 19.6.